The predicted molar refractivity (Wildman–Crippen MR) is 80.4 cm³/mol. The van der Waals surface area contributed by atoms with Crippen molar-refractivity contribution in [3.05, 3.63) is 47.3 Å². The van der Waals surface area contributed by atoms with Crippen molar-refractivity contribution in [1.82, 2.24) is 0 Å². The maximum atomic E-state index is 13.7. The van der Waals surface area contributed by atoms with Gasteiger partial charge in [0.05, 0.1) is 32.6 Å². The molecule has 2 aromatic rings. The van der Waals surface area contributed by atoms with Gasteiger partial charge in [0.1, 0.15) is 5.82 Å². The highest BCUT2D eigenvalue weighted by atomic mass is 19.2. The molecule has 1 N–H and O–H groups in total. The molecule has 0 saturated carbocycles. The van der Waals surface area contributed by atoms with Gasteiger partial charge in [0.15, 0.2) is 23.1 Å². The van der Waals surface area contributed by atoms with Crippen molar-refractivity contribution in [3.63, 3.8) is 0 Å². The minimum absolute atomic E-state index is 0.000664. The summed E-state index contributed by atoms with van der Waals surface area (Å²) >= 11 is 0. The molecule has 0 radical (unpaired) electrons. The van der Waals surface area contributed by atoms with Crippen LogP contribution in [0.25, 0.3) is 0 Å². The van der Waals surface area contributed by atoms with Crippen LogP contribution in [0.3, 0.4) is 0 Å². The average Bonchev–Trinajstić information content (AvgIpc) is 2.57. The van der Waals surface area contributed by atoms with Crippen molar-refractivity contribution >= 4 is 11.6 Å². The van der Waals surface area contributed by atoms with Gasteiger partial charge >= 0.3 is 0 Å². The zero-order valence-electron chi connectivity index (χ0n) is 13.1. The van der Waals surface area contributed by atoms with E-state index in [-0.39, 0.29) is 17.1 Å². The normalized spacial score (nSPS) is 10.2. The van der Waals surface area contributed by atoms with Gasteiger partial charge in [0, 0.05) is 12.1 Å². The molecule has 0 saturated heterocycles. The Morgan fingerprint density at radius 2 is 1.50 bits per heavy atom. The first-order valence-electron chi connectivity index (χ1n) is 6.67. The molecule has 0 bridgehead atoms. The van der Waals surface area contributed by atoms with Crippen LogP contribution in [0.15, 0.2) is 24.3 Å². The van der Waals surface area contributed by atoms with Gasteiger partial charge in [0.2, 0.25) is 5.75 Å². The Morgan fingerprint density at radius 3 is 2.08 bits per heavy atom. The van der Waals surface area contributed by atoms with Crippen LogP contribution in [0.5, 0.6) is 17.2 Å². The van der Waals surface area contributed by atoms with Crippen LogP contribution in [0, 0.1) is 17.5 Å². The van der Waals surface area contributed by atoms with Gasteiger partial charge < -0.3 is 19.5 Å². The second-order valence-corrected chi connectivity index (χ2v) is 4.58. The molecule has 0 aliphatic heterocycles. The van der Waals surface area contributed by atoms with E-state index in [0.29, 0.717) is 17.9 Å². The smallest absolute Gasteiger partial charge is 0.259 e. The Labute approximate surface area is 135 Å². The first-order chi connectivity index (χ1) is 11.4. The summed E-state index contributed by atoms with van der Waals surface area (Å²) in [7, 11) is 4.08. The second kappa shape index (κ2) is 7.12. The van der Waals surface area contributed by atoms with Gasteiger partial charge in [-0.2, -0.15) is 0 Å². The Kier molecular flexibility index (Phi) is 5.18. The molecule has 0 heterocycles. The molecule has 5 nitrogen and oxygen atoms in total. The van der Waals surface area contributed by atoms with Gasteiger partial charge in [-0.1, -0.05) is 0 Å². The number of rotatable bonds is 5. The maximum absolute atomic E-state index is 13.7. The molecule has 0 atom stereocenters. The molecule has 8 heteroatoms. The van der Waals surface area contributed by atoms with Crippen LogP contribution in [0.2, 0.25) is 0 Å². The van der Waals surface area contributed by atoms with Gasteiger partial charge in [0.25, 0.3) is 5.91 Å². The number of benzene rings is 2. The zero-order chi connectivity index (χ0) is 17.9. The number of halogens is 3. The van der Waals surface area contributed by atoms with Crippen LogP contribution >= 0.6 is 0 Å². The van der Waals surface area contributed by atoms with Crippen LogP contribution in [-0.4, -0.2) is 27.2 Å². The maximum Gasteiger partial charge on any atom is 0.259 e. The van der Waals surface area contributed by atoms with Crippen molar-refractivity contribution in [1.29, 1.82) is 0 Å². The SMILES string of the molecule is COc1ccc(C(=O)Nc2cc(F)c(F)cc2F)c(OC)c1OC. The molecule has 128 valence electrons. The number of carbonyl (C=O) groups is 1. The van der Waals surface area contributed by atoms with Gasteiger partial charge in [-0.15, -0.1) is 0 Å². The largest absolute Gasteiger partial charge is 0.493 e. The lowest BCUT2D eigenvalue weighted by atomic mass is 10.1. The molecule has 0 aromatic heterocycles. The summed E-state index contributed by atoms with van der Waals surface area (Å²) in [5.41, 5.74) is -0.505. The summed E-state index contributed by atoms with van der Waals surface area (Å²) < 4.78 is 55.2. The number of carbonyl (C=O) groups excluding carboxylic acids is 1. The van der Waals surface area contributed by atoms with Crippen LogP contribution < -0.4 is 19.5 Å². The molecule has 2 aromatic carbocycles. The Balaban J connectivity index is 2.42. The predicted octanol–water partition coefficient (Wildman–Crippen LogP) is 3.38. The summed E-state index contributed by atoms with van der Waals surface area (Å²) in [5.74, 6) is -4.00. The number of hydrogen-bond acceptors (Lipinski definition) is 4. The summed E-state index contributed by atoms with van der Waals surface area (Å²) in [4.78, 5) is 12.3. The Hall–Kier alpha value is -2.90. The number of hydrogen-bond donors (Lipinski definition) is 1. The molecule has 0 unspecified atom stereocenters. The summed E-state index contributed by atoms with van der Waals surface area (Å²) in [5, 5.41) is 2.16. The lowest BCUT2D eigenvalue weighted by Gasteiger charge is -2.15. The highest BCUT2D eigenvalue weighted by molar-refractivity contribution is 6.07. The average molecular weight is 341 g/mol. The third-order valence-electron chi connectivity index (χ3n) is 3.21. The van der Waals surface area contributed by atoms with Crippen molar-refractivity contribution in [2.45, 2.75) is 0 Å². The van der Waals surface area contributed by atoms with Crippen LogP contribution in [0.4, 0.5) is 18.9 Å². The molecule has 0 fully saturated rings. The number of nitrogens with one attached hydrogen (secondary N) is 1. The van der Waals surface area contributed by atoms with E-state index < -0.39 is 29.0 Å². The van der Waals surface area contributed by atoms with E-state index >= 15 is 0 Å². The van der Waals surface area contributed by atoms with Gasteiger partial charge in [-0.3, -0.25) is 4.79 Å². The minimum Gasteiger partial charge on any atom is -0.493 e. The molecule has 0 aliphatic rings. The zero-order valence-corrected chi connectivity index (χ0v) is 13.1. The molecule has 1 amide bonds. The van der Waals surface area contributed by atoms with E-state index in [1.54, 1.807) is 0 Å². The minimum atomic E-state index is -1.35. The second-order valence-electron chi connectivity index (χ2n) is 4.58. The number of anilines is 1. The standard InChI is InChI=1S/C16H14F3NO4/c1-22-13-5-4-8(14(23-2)15(13)24-3)16(21)20-12-7-10(18)9(17)6-11(12)19/h4-7H,1-3H3,(H,20,21). The first kappa shape index (κ1) is 17.5. The summed E-state index contributed by atoms with van der Waals surface area (Å²) in [6.45, 7) is 0. The molecular weight excluding hydrogens is 327 g/mol. The van der Waals surface area contributed by atoms with E-state index in [9.17, 15) is 18.0 Å². The highest BCUT2D eigenvalue weighted by Crippen LogP contribution is 2.40. The molecule has 2 rings (SSSR count). The van der Waals surface area contributed by atoms with Crippen molar-refractivity contribution in [3.8, 4) is 17.2 Å². The molecule has 0 aliphatic carbocycles. The fourth-order valence-electron chi connectivity index (χ4n) is 2.09. The summed E-state index contributed by atoms with van der Waals surface area (Å²) in [6, 6.07) is 3.72. The van der Waals surface area contributed by atoms with Gasteiger partial charge in [-0.05, 0) is 12.1 Å². The highest BCUT2D eigenvalue weighted by Gasteiger charge is 2.22. The summed E-state index contributed by atoms with van der Waals surface area (Å²) in [6.07, 6.45) is 0. The fraction of sp³-hybridized carbons (Fsp3) is 0.188. The first-order valence-corrected chi connectivity index (χ1v) is 6.67. The Bertz CT molecular complexity index is 780. The lowest BCUT2D eigenvalue weighted by molar-refractivity contribution is 0.102. The van der Waals surface area contributed by atoms with E-state index in [0.717, 1.165) is 0 Å². The van der Waals surface area contributed by atoms with Crippen molar-refractivity contribution in [2.24, 2.45) is 0 Å². The Morgan fingerprint density at radius 1 is 0.875 bits per heavy atom. The van der Waals surface area contributed by atoms with Crippen LogP contribution in [0.1, 0.15) is 10.4 Å². The number of ether oxygens (including phenoxy) is 3. The molecular formula is C16H14F3NO4. The van der Waals surface area contributed by atoms with E-state index in [2.05, 4.69) is 5.32 Å². The monoisotopic (exact) mass is 341 g/mol. The van der Waals surface area contributed by atoms with Gasteiger partial charge in [-0.25, -0.2) is 13.2 Å². The number of methoxy groups -OCH3 is 3. The quantitative estimate of drug-likeness (QED) is 0.847. The van der Waals surface area contributed by atoms with E-state index in [1.807, 2.05) is 0 Å². The van der Waals surface area contributed by atoms with Crippen LogP contribution in [-0.2, 0) is 0 Å². The fourth-order valence-corrected chi connectivity index (χ4v) is 2.09. The number of amides is 1. The van der Waals surface area contributed by atoms with E-state index in [4.69, 9.17) is 14.2 Å². The van der Waals surface area contributed by atoms with E-state index in [1.165, 1.54) is 33.5 Å². The topological polar surface area (TPSA) is 56.8 Å². The molecule has 24 heavy (non-hydrogen) atoms. The third kappa shape index (κ3) is 3.22. The third-order valence-corrected chi connectivity index (χ3v) is 3.21. The van der Waals surface area contributed by atoms with Crippen molar-refractivity contribution in [2.75, 3.05) is 26.6 Å². The molecule has 0 spiro atoms. The van der Waals surface area contributed by atoms with Crippen molar-refractivity contribution < 1.29 is 32.2 Å². The lowest BCUT2D eigenvalue weighted by Crippen LogP contribution is -2.15.